The number of aromatic nitrogens is 1. The van der Waals surface area contributed by atoms with E-state index < -0.39 is 0 Å². The summed E-state index contributed by atoms with van der Waals surface area (Å²) in [6.45, 7) is 2.21. The molecular formula is C39H32N2S. The Hall–Kier alpha value is -4.47. The van der Waals surface area contributed by atoms with Crippen LogP contribution in [-0.2, 0) is 0 Å². The molecule has 3 heteroatoms. The lowest BCUT2D eigenvalue weighted by molar-refractivity contribution is 0.882. The van der Waals surface area contributed by atoms with Crippen LogP contribution in [0.15, 0.2) is 138 Å². The predicted molar refractivity (Wildman–Crippen MR) is 182 cm³/mol. The standard InChI is InChI=1S/C39H32N2S/c1-3-11-27(22-29-21-20-26-12-4-7-17-35(26)40(29)2)28-13-10-14-30(23-28)41-36-18-8-5-15-31(36)33-25-39-34(24-37(33)41)32-16-6-9-19-38(32)42-39/h4-25,32,38H,3H2,1-2H3/b27-11-,29-22-. The number of hydrogen-bond acceptors (Lipinski definition) is 2. The van der Waals surface area contributed by atoms with Crippen LogP contribution in [0.3, 0.4) is 0 Å². The summed E-state index contributed by atoms with van der Waals surface area (Å²) in [5.41, 5.74) is 11.3. The molecule has 0 saturated carbocycles. The topological polar surface area (TPSA) is 8.17 Å². The molecule has 2 nitrogen and oxygen atoms in total. The highest BCUT2D eigenvalue weighted by Gasteiger charge is 2.32. The van der Waals surface area contributed by atoms with Gasteiger partial charge in [-0.25, -0.2) is 0 Å². The molecule has 0 radical (unpaired) electrons. The molecule has 2 aliphatic heterocycles. The minimum atomic E-state index is 0.438. The Labute approximate surface area is 251 Å². The van der Waals surface area contributed by atoms with Crippen LogP contribution in [0.25, 0.3) is 39.1 Å². The first-order valence-electron chi connectivity index (χ1n) is 14.8. The molecule has 3 aliphatic rings. The van der Waals surface area contributed by atoms with E-state index in [1.54, 1.807) is 0 Å². The van der Waals surface area contributed by atoms with Gasteiger partial charge in [0.1, 0.15) is 0 Å². The van der Waals surface area contributed by atoms with E-state index >= 15 is 0 Å². The number of hydrogen-bond donors (Lipinski definition) is 0. The second-order valence-corrected chi connectivity index (χ2v) is 12.5. The Kier molecular flexibility index (Phi) is 6.08. The van der Waals surface area contributed by atoms with E-state index in [9.17, 15) is 0 Å². The van der Waals surface area contributed by atoms with Gasteiger partial charge in [0.05, 0.1) is 11.0 Å². The maximum Gasteiger partial charge on any atom is 0.0544 e. The maximum absolute atomic E-state index is 2.47. The van der Waals surface area contributed by atoms with Crippen molar-refractivity contribution in [2.45, 2.75) is 29.4 Å². The van der Waals surface area contributed by atoms with Crippen molar-refractivity contribution in [1.82, 2.24) is 4.57 Å². The number of thioether (sulfide) groups is 1. The van der Waals surface area contributed by atoms with Gasteiger partial charge in [0.15, 0.2) is 0 Å². The summed E-state index contributed by atoms with van der Waals surface area (Å²) in [6.07, 6.45) is 19.2. The summed E-state index contributed by atoms with van der Waals surface area (Å²) in [4.78, 5) is 3.70. The van der Waals surface area contributed by atoms with Crippen molar-refractivity contribution in [2.24, 2.45) is 0 Å². The maximum atomic E-state index is 2.47. The van der Waals surface area contributed by atoms with E-state index in [-0.39, 0.29) is 0 Å². The summed E-state index contributed by atoms with van der Waals surface area (Å²) in [5, 5.41) is 3.13. The van der Waals surface area contributed by atoms with Gasteiger partial charge in [-0.1, -0.05) is 91.9 Å². The zero-order chi connectivity index (χ0) is 28.2. The second-order valence-electron chi connectivity index (χ2n) is 11.3. The molecule has 2 unspecified atom stereocenters. The summed E-state index contributed by atoms with van der Waals surface area (Å²) < 4.78 is 2.47. The molecule has 0 saturated heterocycles. The Morgan fingerprint density at radius 3 is 2.62 bits per heavy atom. The first-order chi connectivity index (χ1) is 20.7. The molecule has 5 aromatic rings. The largest absolute Gasteiger partial charge is 0.344 e. The highest BCUT2D eigenvalue weighted by Crippen LogP contribution is 2.50. The number of anilines is 1. The van der Waals surface area contributed by atoms with Gasteiger partial charge in [-0.15, -0.1) is 11.8 Å². The smallest absolute Gasteiger partial charge is 0.0544 e. The van der Waals surface area contributed by atoms with Gasteiger partial charge in [-0.3, -0.25) is 0 Å². The van der Waals surface area contributed by atoms with E-state index in [4.69, 9.17) is 0 Å². The zero-order valence-electron chi connectivity index (χ0n) is 23.9. The van der Waals surface area contributed by atoms with Crippen LogP contribution in [0, 0.1) is 0 Å². The van der Waals surface area contributed by atoms with Crippen molar-refractivity contribution in [3.05, 3.63) is 150 Å². The fraction of sp³-hybridized carbons (Fsp3) is 0.128. The molecule has 0 spiro atoms. The fourth-order valence-electron chi connectivity index (χ4n) is 6.75. The third-order valence-electron chi connectivity index (χ3n) is 8.79. The third kappa shape index (κ3) is 4.03. The van der Waals surface area contributed by atoms with Crippen LogP contribution in [-0.4, -0.2) is 16.9 Å². The number of allylic oxidation sites excluding steroid dienone is 7. The molecule has 0 amide bonds. The van der Waals surface area contributed by atoms with E-state index in [1.807, 2.05) is 11.8 Å². The van der Waals surface area contributed by atoms with Gasteiger partial charge < -0.3 is 9.47 Å². The normalized spacial score (nSPS) is 20.0. The van der Waals surface area contributed by atoms with E-state index in [1.165, 1.54) is 66.0 Å². The lowest BCUT2D eigenvalue weighted by Gasteiger charge is -2.26. The number of para-hydroxylation sites is 2. The Balaban J connectivity index is 1.26. The zero-order valence-corrected chi connectivity index (χ0v) is 24.7. The van der Waals surface area contributed by atoms with Crippen LogP contribution in [0.5, 0.6) is 0 Å². The van der Waals surface area contributed by atoms with Crippen LogP contribution < -0.4 is 4.90 Å². The van der Waals surface area contributed by atoms with Crippen LogP contribution in [0.4, 0.5) is 5.69 Å². The van der Waals surface area contributed by atoms with Crippen molar-refractivity contribution < 1.29 is 0 Å². The number of fused-ring (bicyclic) bond motifs is 7. The molecule has 2 atom stereocenters. The number of nitrogens with zero attached hydrogens (tertiary/aromatic N) is 2. The van der Waals surface area contributed by atoms with Gasteiger partial charge in [-0.2, -0.15) is 0 Å². The molecule has 204 valence electrons. The molecule has 3 heterocycles. The number of likely N-dealkylation sites (N-methyl/N-ethyl adjacent to an activating group) is 1. The summed E-state index contributed by atoms with van der Waals surface area (Å²) in [5.74, 6) is 0.438. The molecule has 8 rings (SSSR count). The molecule has 1 aromatic heterocycles. The molecule has 0 N–H and O–H groups in total. The van der Waals surface area contributed by atoms with Gasteiger partial charge in [0.2, 0.25) is 0 Å². The minimum absolute atomic E-state index is 0.438. The van der Waals surface area contributed by atoms with Crippen LogP contribution in [0.1, 0.15) is 36.0 Å². The Bertz CT molecular complexity index is 2030. The second kappa shape index (κ2) is 10.1. The average molecular weight is 561 g/mol. The molecular weight excluding hydrogens is 529 g/mol. The highest BCUT2D eigenvalue weighted by molar-refractivity contribution is 8.00. The summed E-state index contributed by atoms with van der Waals surface area (Å²) in [6, 6.07) is 31.4. The third-order valence-corrected chi connectivity index (χ3v) is 10.1. The van der Waals surface area contributed by atoms with E-state index in [0.717, 1.165) is 6.42 Å². The summed E-state index contributed by atoms with van der Waals surface area (Å²) >= 11 is 2.00. The lowest BCUT2D eigenvalue weighted by Crippen LogP contribution is -2.18. The SMILES string of the molecule is CC/C=C(/C=C1/C=Cc2ccccc2N1C)c1cccc(-n2c3ccccc3c3cc4c(cc32)C2C=CC=CC2S4)c1. The average Bonchev–Trinajstić information content (AvgIpc) is 3.56. The van der Waals surface area contributed by atoms with Gasteiger partial charge >= 0.3 is 0 Å². The minimum Gasteiger partial charge on any atom is -0.344 e. The van der Waals surface area contributed by atoms with Crippen molar-refractivity contribution in [3.8, 4) is 5.69 Å². The van der Waals surface area contributed by atoms with Crippen molar-refractivity contribution >= 4 is 50.9 Å². The molecule has 0 fully saturated rings. The molecule has 4 aromatic carbocycles. The summed E-state index contributed by atoms with van der Waals surface area (Å²) in [7, 11) is 2.16. The number of rotatable bonds is 4. The van der Waals surface area contributed by atoms with E-state index in [0.29, 0.717) is 11.2 Å². The first kappa shape index (κ1) is 25.3. The molecule has 0 bridgehead atoms. The van der Waals surface area contributed by atoms with Gasteiger partial charge in [0, 0.05) is 51.0 Å². The predicted octanol–water partition coefficient (Wildman–Crippen LogP) is 10.3. The quantitative estimate of drug-likeness (QED) is 0.216. The van der Waals surface area contributed by atoms with Crippen molar-refractivity contribution in [1.29, 1.82) is 0 Å². The van der Waals surface area contributed by atoms with Crippen molar-refractivity contribution in [3.63, 3.8) is 0 Å². The van der Waals surface area contributed by atoms with Crippen LogP contribution in [0.2, 0.25) is 0 Å². The van der Waals surface area contributed by atoms with Crippen molar-refractivity contribution in [2.75, 3.05) is 11.9 Å². The Morgan fingerprint density at radius 1 is 0.833 bits per heavy atom. The Morgan fingerprint density at radius 2 is 1.69 bits per heavy atom. The van der Waals surface area contributed by atoms with E-state index in [2.05, 4.69) is 157 Å². The fourth-order valence-corrected chi connectivity index (χ4v) is 8.11. The number of benzene rings is 4. The molecule has 1 aliphatic carbocycles. The van der Waals surface area contributed by atoms with Crippen LogP contribution >= 0.6 is 11.8 Å². The lowest BCUT2D eigenvalue weighted by atomic mass is 9.92. The highest BCUT2D eigenvalue weighted by atomic mass is 32.2. The first-order valence-corrected chi connectivity index (χ1v) is 15.7. The molecule has 42 heavy (non-hydrogen) atoms. The van der Waals surface area contributed by atoms with Gasteiger partial charge in [0.25, 0.3) is 0 Å². The van der Waals surface area contributed by atoms with Gasteiger partial charge in [-0.05, 0) is 77.2 Å². The monoisotopic (exact) mass is 560 g/mol.